The van der Waals surface area contributed by atoms with Gasteiger partial charge < -0.3 is 5.32 Å². The number of alkyl halides is 6. The van der Waals surface area contributed by atoms with Crippen LogP contribution in [-0.4, -0.2) is 15.9 Å². The van der Waals surface area contributed by atoms with E-state index in [1.165, 1.54) is 18.3 Å². The predicted molar refractivity (Wildman–Crippen MR) is 94.2 cm³/mol. The first-order valence-corrected chi connectivity index (χ1v) is 8.48. The molecule has 10 heteroatoms. The third-order valence-corrected chi connectivity index (χ3v) is 4.16. The van der Waals surface area contributed by atoms with Gasteiger partial charge in [0.05, 0.1) is 22.9 Å². The molecule has 3 rings (SSSR count). The van der Waals surface area contributed by atoms with Crippen molar-refractivity contribution in [3.63, 3.8) is 0 Å². The molecule has 4 nitrogen and oxygen atoms in total. The average Bonchev–Trinajstić information content (AvgIpc) is 2.71. The van der Waals surface area contributed by atoms with Crippen LogP contribution in [0, 0.1) is 0 Å². The van der Waals surface area contributed by atoms with Crippen LogP contribution in [-0.2, 0) is 12.4 Å². The van der Waals surface area contributed by atoms with Crippen molar-refractivity contribution < 1.29 is 31.1 Å². The van der Waals surface area contributed by atoms with Crippen molar-refractivity contribution in [1.29, 1.82) is 0 Å². The van der Waals surface area contributed by atoms with Crippen LogP contribution in [0.3, 0.4) is 0 Å². The normalized spacial score (nSPS) is 13.0. The number of nitrogens with zero attached hydrogens (tertiary/aromatic N) is 2. The lowest BCUT2D eigenvalue weighted by Gasteiger charge is -2.22. The molecule has 0 fully saturated rings. The van der Waals surface area contributed by atoms with E-state index in [2.05, 4.69) is 15.3 Å². The van der Waals surface area contributed by atoms with Crippen molar-refractivity contribution in [2.24, 2.45) is 0 Å². The first-order chi connectivity index (χ1) is 14.1. The summed E-state index contributed by atoms with van der Waals surface area (Å²) >= 11 is 0. The number of nitrogens with one attached hydrogen (secondary N) is 1. The van der Waals surface area contributed by atoms with Gasteiger partial charge in [0.25, 0.3) is 5.91 Å². The molecule has 1 atom stereocenters. The van der Waals surface area contributed by atoms with Gasteiger partial charge in [0.15, 0.2) is 0 Å². The first-order valence-electron chi connectivity index (χ1n) is 8.48. The zero-order chi connectivity index (χ0) is 21.9. The smallest absolute Gasteiger partial charge is 0.338 e. The Kier molecular flexibility index (Phi) is 5.77. The van der Waals surface area contributed by atoms with E-state index in [4.69, 9.17) is 0 Å². The summed E-state index contributed by atoms with van der Waals surface area (Å²) in [5.41, 5.74) is -2.71. The highest BCUT2D eigenvalue weighted by atomic mass is 19.4. The highest BCUT2D eigenvalue weighted by Crippen LogP contribution is 2.36. The van der Waals surface area contributed by atoms with Gasteiger partial charge in [0.2, 0.25) is 0 Å². The zero-order valence-electron chi connectivity index (χ0n) is 15.0. The molecule has 2 aromatic heterocycles. The van der Waals surface area contributed by atoms with Crippen LogP contribution in [0.15, 0.2) is 67.0 Å². The maximum absolute atomic E-state index is 13.5. The number of hydrogen-bond donors (Lipinski definition) is 1. The number of hydrogen-bond acceptors (Lipinski definition) is 3. The molecule has 2 heterocycles. The summed E-state index contributed by atoms with van der Waals surface area (Å²) in [5, 5.41) is 2.39. The highest BCUT2D eigenvalue weighted by molar-refractivity contribution is 5.92. The molecular weight excluding hydrogens is 412 g/mol. The average molecular weight is 425 g/mol. The summed E-state index contributed by atoms with van der Waals surface area (Å²) in [7, 11) is 0. The lowest BCUT2D eigenvalue weighted by atomic mass is 9.97. The van der Waals surface area contributed by atoms with Gasteiger partial charge in [-0.1, -0.05) is 18.2 Å². The van der Waals surface area contributed by atoms with Crippen molar-refractivity contribution in [2.75, 3.05) is 0 Å². The molecule has 0 saturated carbocycles. The van der Waals surface area contributed by atoms with Gasteiger partial charge in [-0.05, 0) is 42.0 Å². The molecule has 1 N–H and O–H groups in total. The second-order valence-electron chi connectivity index (χ2n) is 6.18. The quantitative estimate of drug-likeness (QED) is 0.597. The SMILES string of the molecule is O=C(NC(c1ccc(C(F)(F)F)cc1)c1ncccc1C(F)(F)F)c1ccccn1. The van der Waals surface area contributed by atoms with E-state index in [1.54, 1.807) is 6.07 Å². The minimum absolute atomic E-state index is 0.00326. The van der Waals surface area contributed by atoms with Crippen LogP contribution < -0.4 is 5.32 Å². The maximum atomic E-state index is 13.5. The van der Waals surface area contributed by atoms with Gasteiger partial charge in [-0.3, -0.25) is 14.8 Å². The third kappa shape index (κ3) is 4.76. The standard InChI is InChI=1S/C20H13F6N3O/c21-19(22,23)13-8-6-12(7-9-13)16(29-18(30)15-5-1-2-10-27-15)17-14(20(24,25)26)4-3-11-28-17/h1-11,16H,(H,29,30). The monoisotopic (exact) mass is 425 g/mol. The minimum atomic E-state index is -4.79. The Balaban J connectivity index is 2.07. The molecule has 0 bridgehead atoms. The number of aromatic nitrogens is 2. The van der Waals surface area contributed by atoms with Crippen LogP contribution >= 0.6 is 0 Å². The Hall–Kier alpha value is -3.43. The molecule has 0 aliphatic rings. The molecule has 0 spiro atoms. The van der Waals surface area contributed by atoms with Gasteiger partial charge in [-0.25, -0.2) is 0 Å². The van der Waals surface area contributed by atoms with E-state index in [-0.39, 0.29) is 11.3 Å². The zero-order valence-corrected chi connectivity index (χ0v) is 15.0. The number of benzene rings is 1. The molecule has 0 aliphatic carbocycles. The van der Waals surface area contributed by atoms with Crippen molar-refractivity contribution >= 4 is 5.91 Å². The summed E-state index contributed by atoms with van der Waals surface area (Å²) in [5.74, 6) is -0.806. The summed E-state index contributed by atoms with van der Waals surface area (Å²) in [6, 6.07) is 8.27. The van der Waals surface area contributed by atoms with Crippen molar-refractivity contribution in [2.45, 2.75) is 18.4 Å². The van der Waals surface area contributed by atoms with E-state index < -0.39 is 41.1 Å². The summed E-state index contributed by atoms with van der Waals surface area (Å²) in [6.07, 6.45) is -6.98. The number of rotatable bonds is 4. The number of carbonyl (C=O) groups excluding carboxylic acids is 1. The van der Waals surface area contributed by atoms with Gasteiger partial charge in [-0.15, -0.1) is 0 Å². The van der Waals surface area contributed by atoms with E-state index in [0.29, 0.717) is 0 Å². The minimum Gasteiger partial charge on any atom is -0.338 e. The predicted octanol–water partition coefficient (Wildman–Crippen LogP) is 5.03. The Morgan fingerprint density at radius 1 is 0.800 bits per heavy atom. The molecule has 0 radical (unpaired) electrons. The molecule has 1 aromatic carbocycles. The van der Waals surface area contributed by atoms with Gasteiger partial charge in [0.1, 0.15) is 5.69 Å². The second kappa shape index (κ2) is 8.13. The Labute approximate surface area is 166 Å². The van der Waals surface area contributed by atoms with Gasteiger partial charge in [0, 0.05) is 12.4 Å². The summed E-state index contributed by atoms with van der Waals surface area (Å²) in [6.45, 7) is 0. The fraction of sp³-hybridized carbons (Fsp3) is 0.150. The highest BCUT2D eigenvalue weighted by Gasteiger charge is 2.37. The number of pyridine rings is 2. The molecule has 3 aromatic rings. The molecular formula is C20H13F6N3O. The number of amides is 1. The van der Waals surface area contributed by atoms with Gasteiger partial charge >= 0.3 is 12.4 Å². The van der Waals surface area contributed by atoms with E-state index >= 15 is 0 Å². The van der Waals surface area contributed by atoms with Crippen molar-refractivity contribution in [3.8, 4) is 0 Å². The van der Waals surface area contributed by atoms with Crippen molar-refractivity contribution in [1.82, 2.24) is 15.3 Å². The lowest BCUT2D eigenvalue weighted by molar-refractivity contribution is -0.139. The molecule has 30 heavy (non-hydrogen) atoms. The molecule has 0 saturated heterocycles. The fourth-order valence-corrected chi connectivity index (χ4v) is 2.76. The van der Waals surface area contributed by atoms with Crippen LogP contribution in [0.4, 0.5) is 26.3 Å². The van der Waals surface area contributed by atoms with E-state index in [1.807, 2.05) is 0 Å². The second-order valence-corrected chi connectivity index (χ2v) is 6.18. The van der Waals surface area contributed by atoms with Crippen LogP contribution in [0.2, 0.25) is 0 Å². The van der Waals surface area contributed by atoms with Gasteiger partial charge in [-0.2, -0.15) is 26.3 Å². The Morgan fingerprint density at radius 3 is 2.03 bits per heavy atom. The van der Waals surface area contributed by atoms with E-state index in [0.717, 1.165) is 42.6 Å². The lowest BCUT2D eigenvalue weighted by Crippen LogP contribution is -2.32. The first kappa shape index (κ1) is 21.3. The molecule has 1 amide bonds. The summed E-state index contributed by atoms with van der Waals surface area (Å²) < 4.78 is 79.0. The maximum Gasteiger partial charge on any atom is 0.418 e. The van der Waals surface area contributed by atoms with Crippen LogP contribution in [0.5, 0.6) is 0 Å². The topological polar surface area (TPSA) is 54.9 Å². The number of carbonyl (C=O) groups is 1. The number of halogens is 6. The van der Waals surface area contributed by atoms with Crippen molar-refractivity contribution in [3.05, 3.63) is 95.1 Å². The third-order valence-electron chi connectivity index (χ3n) is 4.16. The van der Waals surface area contributed by atoms with Crippen LogP contribution in [0.25, 0.3) is 0 Å². The fourth-order valence-electron chi connectivity index (χ4n) is 2.76. The van der Waals surface area contributed by atoms with E-state index in [9.17, 15) is 31.1 Å². The summed E-state index contributed by atoms with van der Waals surface area (Å²) in [4.78, 5) is 20.1. The Morgan fingerprint density at radius 2 is 1.47 bits per heavy atom. The molecule has 156 valence electrons. The molecule has 1 unspecified atom stereocenters. The van der Waals surface area contributed by atoms with Crippen LogP contribution in [0.1, 0.15) is 38.9 Å². The Bertz CT molecular complexity index is 1020. The largest absolute Gasteiger partial charge is 0.418 e. The molecule has 0 aliphatic heterocycles.